The minimum atomic E-state index is -1.28. The van der Waals surface area contributed by atoms with E-state index in [1.54, 1.807) is 18.2 Å². The molecule has 0 saturated carbocycles. The molecule has 3 heterocycles. The minimum Gasteiger partial charge on any atom is -0.476 e. The molecule has 1 aromatic carbocycles. The van der Waals surface area contributed by atoms with E-state index in [4.69, 9.17) is 10.2 Å². The zero-order valence-corrected chi connectivity index (χ0v) is 22.3. The van der Waals surface area contributed by atoms with Crippen LogP contribution < -0.4 is 11.1 Å². The van der Waals surface area contributed by atoms with Gasteiger partial charge in [-0.2, -0.15) is 0 Å². The number of imide groups is 1. The van der Waals surface area contributed by atoms with Crippen molar-refractivity contribution in [2.75, 3.05) is 5.32 Å². The van der Waals surface area contributed by atoms with Gasteiger partial charge in [-0.25, -0.2) is 24.5 Å². The number of nitrogens with zero attached hydrogens (tertiary/aromatic N) is 4. The van der Waals surface area contributed by atoms with Gasteiger partial charge >= 0.3 is 12.0 Å². The van der Waals surface area contributed by atoms with Gasteiger partial charge in [0.25, 0.3) is 0 Å². The zero-order chi connectivity index (χ0) is 28.3. The number of carboxylic acids is 1. The summed E-state index contributed by atoms with van der Waals surface area (Å²) in [6.07, 6.45) is 3.85. The molecular weight excluding hydrogens is 500 g/mol. The predicted octanol–water partition coefficient (Wildman–Crippen LogP) is 4.29. The number of carbonyl (C=O) groups excluding carboxylic acids is 2. The van der Waals surface area contributed by atoms with Crippen LogP contribution in [-0.2, 0) is 18.3 Å². The standard InChI is InChI=1S/C28H32N6O5/c1-16(2)13-20(29)26(35)34(28(38)31-23-11-7-8-12-30-23)22(25-32-24(27(36)37)17(3)39-25)14-18-15-33(4)21-10-6-5-9-19(18)21/h5-12,15-16,20,22H,13-14,29H2,1-4H3,(H,36,37)(H,30,31,38)/t20?,22-/m1/s1. The first-order valence-corrected chi connectivity index (χ1v) is 12.6. The van der Waals surface area contributed by atoms with Crippen molar-refractivity contribution in [2.24, 2.45) is 18.7 Å². The Morgan fingerprint density at radius 3 is 2.51 bits per heavy atom. The van der Waals surface area contributed by atoms with Crippen LogP contribution in [0.1, 0.15) is 54.0 Å². The number of benzene rings is 1. The molecule has 11 nitrogen and oxygen atoms in total. The van der Waals surface area contributed by atoms with Gasteiger partial charge in [-0.05, 0) is 43.0 Å². The molecule has 1 unspecified atom stereocenters. The van der Waals surface area contributed by atoms with Gasteiger partial charge in [-0.1, -0.05) is 38.1 Å². The Kier molecular flexibility index (Phi) is 8.10. The summed E-state index contributed by atoms with van der Waals surface area (Å²) in [5.74, 6) is -1.63. The highest BCUT2D eigenvalue weighted by atomic mass is 16.4. The fraction of sp³-hybridized carbons (Fsp3) is 0.321. The van der Waals surface area contributed by atoms with Gasteiger partial charge in [0.2, 0.25) is 11.8 Å². The summed E-state index contributed by atoms with van der Waals surface area (Å²) in [7, 11) is 1.90. The number of fused-ring (bicyclic) bond motifs is 1. The van der Waals surface area contributed by atoms with Gasteiger partial charge in [0.15, 0.2) is 5.69 Å². The van der Waals surface area contributed by atoms with E-state index in [0.29, 0.717) is 6.42 Å². The topological polar surface area (TPSA) is 157 Å². The molecule has 39 heavy (non-hydrogen) atoms. The molecule has 3 amide bonds. The van der Waals surface area contributed by atoms with Gasteiger partial charge < -0.3 is 19.8 Å². The van der Waals surface area contributed by atoms with Crippen molar-refractivity contribution in [3.8, 4) is 0 Å². The number of oxazole rings is 1. The van der Waals surface area contributed by atoms with Gasteiger partial charge in [-0.15, -0.1) is 0 Å². The summed E-state index contributed by atoms with van der Waals surface area (Å²) in [5, 5.41) is 13.2. The van der Waals surface area contributed by atoms with E-state index in [1.165, 1.54) is 13.1 Å². The number of amides is 3. The highest BCUT2D eigenvalue weighted by molar-refractivity contribution is 6.03. The van der Waals surface area contributed by atoms with E-state index in [2.05, 4.69) is 15.3 Å². The Morgan fingerprint density at radius 1 is 1.15 bits per heavy atom. The maximum absolute atomic E-state index is 13.8. The Hall–Kier alpha value is -4.51. The lowest BCUT2D eigenvalue weighted by molar-refractivity contribution is -0.132. The number of urea groups is 1. The maximum Gasteiger partial charge on any atom is 0.358 e. The SMILES string of the molecule is Cc1oc([C@@H](Cc2cn(C)c3ccccc23)N(C(=O)Nc2ccccn2)C(=O)C(N)CC(C)C)nc1C(=O)O. The molecule has 0 radical (unpaired) electrons. The van der Waals surface area contributed by atoms with E-state index in [-0.39, 0.29) is 35.5 Å². The number of carboxylic acid groups (broad SMARTS) is 1. The third kappa shape index (κ3) is 5.99. The van der Waals surface area contributed by atoms with Crippen molar-refractivity contribution in [3.63, 3.8) is 0 Å². The first-order chi connectivity index (χ1) is 18.6. The van der Waals surface area contributed by atoms with Gasteiger partial charge in [-0.3, -0.25) is 10.1 Å². The molecule has 4 N–H and O–H groups in total. The number of hydrogen-bond acceptors (Lipinski definition) is 7. The number of rotatable bonds is 9. The largest absolute Gasteiger partial charge is 0.476 e. The first-order valence-electron chi connectivity index (χ1n) is 12.6. The summed E-state index contributed by atoms with van der Waals surface area (Å²) >= 11 is 0. The predicted molar refractivity (Wildman–Crippen MR) is 145 cm³/mol. The molecule has 4 aromatic rings. The number of hydrogen-bond donors (Lipinski definition) is 3. The second kappa shape index (κ2) is 11.5. The van der Waals surface area contributed by atoms with Crippen LogP contribution in [0.25, 0.3) is 10.9 Å². The minimum absolute atomic E-state index is 0.0597. The van der Waals surface area contributed by atoms with E-state index in [0.717, 1.165) is 21.4 Å². The number of aryl methyl sites for hydroxylation is 2. The molecule has 0 spiro atoms. The molecule has 0 aliphatic rings. The van der Waals surface area contributed by atoms with Crippen molar-refractivity contribution in [2.45, 2.75) is 45.7 Å². The smallest absolute Gasteiger partial charge is 0.358 e. The van der Waals surface area contributed by atoms with E-state index >= 15 is 0 Å². The molecule has 0 aliphatic carbocycles. The number of aromatic nitrogens is 3. The molecule has 2 atom stereocenters. The number of para-hydroxylation sites is 1. The van der Waals surface area contributed by atoms with Crippen molar-refractivity contribution in [3.05, 3.63) is 77.8 Å². The molecule has 4 rings (SSSR count). The molecule has 0 fully saturated rings. The lowest BCUT2D eigenvalue weighted by Gasteiger charge is -2.30. The number of carbonyl (C=O) groups is 3. The Morgan fingerprint density at radius 2 is 1.87 bits per heavy atom. The molecule has 0 aliphatic heterocycles. The molecule has 3 aromatic heterocycles. The third-order valence-corrected chi connectivity index (χ3v) is 6.40. The normalized spacial score (nSPS) is 12.9. The van der Waals surface area contributed by atoms with Crippen LogP contribution in [0.3, 0.4) is 0 Å². The fourth-order valence-electron chi connectivity index (χ4n) is 4.63. The second-order valence-electron chi connectivity index (χ2n) is 9.85. The lowest BCUT2D eigenvalue weighted by Crippen LogP contribution is -2.51. The van der Waals surface area contributed by atoms with E-state index in [1.807, 2.05) is 55.9 Å². The van der Waals surface area contributed by atoms with Crippen LogP contribution in [0.5, 0.6) is 0 Å². The van der Waals surface area contributed by atoms with Crippen molar-refractivity contribution < 1.29 is 23.9 Å². The highest BCUT2D eigenvalue weighted by Gasteiger charge is 2.38. The van der Waals surface area contributed by atoms with Gasteiger partial charge in [0.1, 0.15) is 17.6 Å². The molecule has 11 heteroatoms. The molecule has 204 valence electrons. The molecule has 0 saturated heterocycles. The van der Waals surface area contributed by atoms with Crippen molar-refractivity contribution in [1.82, 2.24) is 19.4 Å². The summed E-state index contributed by atoms with van der Waals surface area (Å²) in [6, 6.07) is 9.82. The summed E-state index contributed by atoms with van der Waals surface area (Å²) in [6.45, 7) is 5.32. The second-order valence-corrected chi connectivity index (χ2v) is 9.85. The van der Waals surface area contributed by atoms with Crippen molar-refractivity contribution in [1.29, 1.82) is 0 Å². The average Bonchev–Trinajstić information content (AvgIpc) is 3.43. The number of anilines is 1. The third-order valence-electron chi connectivity index (χ3n) is 6.40. The number of nitrogens with two attached hydrogens (primary N) is 1. The number of pyridine rings is 1. The van der Waals surface area contributed by atoms with Gasteiger partial charge in [0.05, 0.1) is 6.04 Å². The van der Waals surface area contributed by atoms with Crippen LogP contribution in [0, 0.1) is 12.8 Å². The average molecular weight is 533 g/mol. The first kappa shape index (κ1) is 27.5. The Balaban J connectivity index is 1.85. The summed E-state index contributed by atoms with van der Waals surface area (Å²) < 4.78 is 7.73. The summed E-state index contributed by atoms with van der Waals surface area (Å²) in [5.41, 5.74) is 7.77. The van der Waals surface area contributed by atoms with Crippen LogP contribution in [0.4, 0.5) is 10.6 Å². The Bertz CT molecular complexity index is 1490. The molecule has 0 bridgehead atoms. The monoisotopic (exact) mass is 532 g/mol. The number of nitrogens with one attached hydrogen (secondary N) is 1. The lowest BCUT2D eigenvalue weighted by atomic mass is 10.00. The van der Waals surface area contributed by atoms with Crippen LogP contribution in [-0.4, -0.2) is 48.5 Å². The van der Waals surface area contributed by atoms with E-state index < -0.39 is 30.0 Å². The Labute approximate surface area is 225 Å². The summed E-state index contributed by atoms with van der Waals surface area (Å²) in [4.78, 5) is 48.7. The number of aromatic carboxylic acids is 1. The molecular formula is C28H32N6O5. The highest BCUT2D eigenvalue weighted by Crippen LogP contribution is 2.32. The van der Waals surface area contributed by atoms with Crippen molar-refractivity contribution >= 4 is 34.6 Å². The van der Waals surface area contributed by atoms with Gasteiger partial charge in [0, 0.05) is 36.8 Å². The quantitative estimate of drug-likeness (QED) is 0.288. The zero-order valence-electron chi connectivity index (χ0n) is 22.3. The maximum atomic E-state index is 13.8. The van der Waals surface area contributed by atoms with Crippen LogP contribution in [0.2, 0.25) is 0 Å². The van der Waals surface area contributed by atoms with E-state index in [9.17, 15) is 19.5 Å². The van der Waals surface area contributed by atoms with Crippen LogP contribution in [0.15, 0.2) is 59.3 Å². The van der Waals surface area contributed by atoms with Crippen LogP contribution >= 0.6 is 0 Å². The fourth-order valence-corrected chi connectivity index (χ4v) is 4.63.